The molecule has 0 atom stereocenters. The van der Waals surface area contributed by atoms with E-state index in [0.717, 1.165) is 12.1 Å². The first-order chi connectivity index (χ1) is 14.9. The zero-order valence-electron chi connectivity index (χ0n) is 15.5. The minimum absolute atomic E-state index is 0.0327. The highest BCUT2D eigenvalue weighted by molar-refractivity contribution is 6.28. The third-order valence-electron chi connectivity index (χ3n) is 4.17. The summed E-state index contributed by atoms with van der Waals surface area (Å²) in [6.45, 7) is 0. The Hall–Kier alpha value is -3.79. The quantitative estimate of drug-likeness (QED) is 0.455. The molecule has 0 unspecified atom stereocenters. The molecule has 2 aromatic heterocycles. The van der Waals surface area contributed by atoms with Crippen LogP contribution in [0.2, 0.25) is 5.28 Å². The van der Waals surface area contributed by atoms with Crippen molar-refractivity contribution >= 4 is 22.4 Å². The van der Waals surface area contributed by atoms with Crippen LogP contribution in [0.25, 0.3) is 21.9 Å². The number of hydrogen-bond donors (Lipinski definition) is 1. The zero-order valence-corrected chi connectivity index (χ0v) is 16.3. The largest absolute Gasteiger partial charge is 0.436 e. The van der Waals surface area contributed by atoms with Crippen LogP contribution in [-0.2, 0) is 6.18 Å². The van der Waals surface area contributed by atoms with E-state index in [1.165, 1.54) is 31.0 Å². The van der Waals surface area contributed by atoms with Crippen LogP contribution in [-0.4, -0.2) is 30.4 Å². The molecule has 2 heterocycles. The van der Waals surface area contributed by atoms with Gasteiger partial charge in [-0.25, -0.2) is 15.1 Å². The van der Waals surface area contributed by atoms with E-state index in [2.05, 4.69) is 30.4 Å². The molecular formula is C20H12ClF3N6O. The minimum atomic E-state index is -4.57. The van der Waals surface area contributed by atoms with Crippen LogP contribution >= 0.6 is 11.6 Å². The lowest BCUT2D eigenvalue weighted by Crippen LogP contribution is -2.05. The Labute approximate surface area is 178 Å². The molecule has 11 heteroatoms. The zero-order chi connectivity index (χ0) is 21.8. The molecule has 2 aromatic carbocycles. The maximum absolute atomic E-state index is 13.4. The van der Waals surface area contributed by atoms with Crippen molar-refractivity contribution in [2.75, 3.05) is 0 Å². The first-order valence-corrected chi connectivity index (χ1v) is 9.14. The third-order valence-corrected chi connectivity index (χ3v) is 4.33. The van der Waals surface area contributed by atoms with Gasteiger partial charge in [0.2, 0.25) is 11.2 Å². The number of aromatic amines is 1. The molecule has 0 bridgehead atoms. The molecule has 0 aliphatic rings. The Morgan fingerprint density at radius 2 is 1.74 bits per heavy atom. The summed E-state index contributed by atoms with van der Waals surface area (Å²) < 4.78 is 46.0. The van der Waals surface area contributed by atoms with E-state index in [1.807, 2.05) is 0 Å². The predicted octanol–water partition coefficient (Wildman–Crippen LogP) is 5.40. The molecule has 0 spiro atoms. The van der Waals surface area contributed by atoms with E-state index in [-0.39, 0.29) is 16.9 Å². The molecule has 4 aromatic rings. The molecule has 0 saturated heterocycles. The van der Waals surface area contributed by atoms with Crippen molar-refractivity contribution < 1.29 is 17.9 Å². The monoisotopic (exact) mass is 444 g/mol. The lowest BCUT2D eigenvalue weighted by molar-refractivity contribution is -0.137. The third kappa shape index (κ3) is 4.69. The molecule has 0 radical (unpaired) electrons. The Morgan fingerprint density at radius 1 is 0.968 bits per heavy atom. The maximum Gasteiger partial charge on any atom is 0.416 e. The van der Waals surface area contributed by atoms with Gasteiger partial charge in [-0.2, -0.15) is 18.3 Å². The lowest BCUT2D eigenvalue weighted by Gasteiger charge is -2.14. The summed E-state index contributed by atoms with van der Waals surface area (Å²) in [5, 5.41) is 15.0. The second-order valence-corrected chi connectivity index (χ2v) is 6.55. The van der Waals surface area contributed by atoms with E-state index in [1.54, 1.807) is 24.3 Å². The van der Waals surface area contributed by atoms with Gasteiger partial charge >= 0.3 is 6.18 Å². The van der Waals surface area contributed by atoms with Gasteiger partial charge in [-0.3, -0.25) is 0 Å². The standard InChI is InChI=1S/C20H12ClF3N6O/c21-19-29-27-10-12-3-1-2-4-16(12)18(28-30-19)31-17-7-14(20(22,23)24)5-6-15(17)13-8-25-11-26-9-13/h1-11H,(H,29,30). The molecule has 4 rings (SSSR count). The number of nitrogens with one attached hydrogen (secondary N) is 1. The van der Waals surface area contributed by atoms with E-state index in [9.17, 15) is 13.2 Å². The van der Waals surface area contributed by atoms with Gasteiger partial charge in [0.05, 0.1) is 11.8 Å². The fourth-order valence-electron chi connectivity index (χ4n) is 2.77. The molecule has 0 saturated carbocycles. The summed E-state index contributed by atoms with van der Waals surface area (Å²) in [5.41, 5.74) is -0.0615. The summed E-state index contributed by atoms with van der Waals surface area (Å²) in [5.74, 6) is -0.126. The van der Waals surface area contributed by atoms with Gasteiger partial charge in [-0.05, 0) is 35.9 Å². The van der Waals surface area contributed by atoms with Crippen molar-refractivity contribution in [2.45, 2.75) is 6.18 Å². The number of rotatable bonds is 3. The van der Waals surface area contributed by atoms with Gasteiger partial charge < -0.3 is 4.74 Å². The minimum Gasteiger partial charge on any atom is -0.436 e. The van der Waals surface area contributed by atoms with Crippen LogP contribution in [0.1, 0.15) is 5.56 Å². The highest BCUT2D eigenvalue weighted by atomic mass is 35.5. The van der Waals surface area contributed by atoms with Crippen LogP contribution in [0.5, 0.6) is 11.6 Å². The molecule has 0 aliphatic heterocycles. The smallest absolute Gasteiger partial charge is 0.416 e. The lowest BCUT2D eigenvalue weighted by atomic mass is 10.0. The van der Waals surface area contributed by atoms with Gasteiger partial charge in [0.1, 0.15) is 12.1 Å². The Bertz CT molecular complexity index is 1280. The van der Waals surface area contributed by atoms with Crippen molar-refractivity contribution in [2.24, 2.45) is 0 Å². The van der Waals surface area contributed by atoms with E-state index < -0.39 is 11.7 Å². The summed E-state index contributed by atoms with van der Waals surface area (Å²) in [6, 6.07) is 10.0. The Kier molecular flexibility index (Phi) is 5.63. The fraction of sp³-hybridized carbons (Fsp3) is 0.0500. The predicted molar refractivity (Wildman–Crippen MR) is 107 cm³/mol. The number of aromatic nitrogens is 6. The van der Waals surface area contributed by atoms with Crippen LogP contribution in [0.4, 0.5) is 13.2 Å². The highest BCUT2D eigenvalue weighted by Gasteiger charge is 2.31. The van der Waals surface area contributed by atoms with Crippen molar-refractivity contribution in [1.82, 2.24) is 30.4 Å². The molecule has 0 amide bonds. The summed E-state index contributed by atoms with van der Waals surface area (Å²) >= 11 is 5.89. The number of halogens is 4. The summed E-state index contributed by atoms with van der Waals surface area (Å²) in [4.78, 5) is 7.85. The molecule has 7 nitrogen and oxygen atoms in total. The fourth-order valence-corrected chi connectivity index (χ4v) is 2.85. The van der Waals surface area contributed by atoms with Crippen LogP contribution in [0.15, 0.2) is 67.4 Å². The number of ether oxygens (including phenoxy) is 1. The SMILES string of the molecule is FC(F)(F)c1ccc(-c2cncnc2)c(Oc2n[nH]c(Cl)nncc3ccccc23)c1. The van der Waals surface area contributed by atoms with E-state index in [0.29, 0.717) is 21.9 Å². The second-order valence-electron chi connectivity index (χ2n) is 6.19. The van der Waals surface area contributed by atoms with Crippen molar-refractivity contribution in [3.63, 3.8) is 0 Å². The second kappa shape index (κ2) is 8.52. The molecule has 0 aliphatic carbocycles. The average molecular weight is 445 g/mol. The van der Waals surface area contributed by atoms with Gasteiger partial charge in [-0.1, -0.05) is 18.2 Å². The van der Waals surface area contributed by atoms with Crippen LogP contribution in [0.3, 0.4) is 0 Å². The van der Waals surface area contributed by atoms with Crippen molar-refractivity contribution in [3.05, 3.63) is 78.2 Å². The number of hydrogen-bond acceptors (Lipinski definition) is 6. The van der Waals surface area contributed by atoms with Crippen molar-refractivity contribution in [3.8, 4) is 22.8 Å². The van der Waals surface area contributed by atoms with Gasteiger partial charge in [-0.15, -0.1) is 10.2 Å². The number of nitrogens with zero attached hydrogens (tertiary/aromatic N) is 5. The topological polar surface area (TPSA) is 89.5 Å². The summed E-state index contributed by atoms with van der Waals surface area (Å²) in [7, 11) is 0. The summed E-state index contributed by atoms with van der Waals surface area (Å²) in [6.07, 6.45) is 1.12. The number of alkyl halides is 3. The average Bonchev–Trinajstić information content (AvgIpc) is 2.83. The van der Waals surface area contributed by atoms with Crippen molar-refractivity contribution in [1.29, 1.82) is 0 Å². The first-order valence-electron chi connectivity index (χ1n) is 8.76. The molecule has 156 valence electrons. The van der Waals surface area contributed by atoms with E-state index >= 15 is 0 Å². The van der Waals surface area contributed by atoms with Crippen LogP contribution in [0, 0.1) is 0 Å². The Morgan fingerprint density at radius 3 is 2.52 bits per heavy atom. The highest BCUT2D eigenvalue weighted by Crippen LogP contribution is 2.39. The molecule has 31 heavy (non-hydrogen) atoms. The normalized spacial score (nSPS) is 11.2. The maximum atomic E-state index is 13.4. The Balaban J connectivity index is 1.95. The number of benzene rings is 2. The van der Waals surface area contributed by atoms with Crippen LogP contribution < -0.4 is 4.74 Å². The first kappa shape index (κ1) is 20.5. The number of H-pyrrole nitrogens is 1. The van der Waals surface area contributed by atoms with Gasteiger partial charge in [0.25, 0.3) is 0 Å². The number of fused-ring (bicyclic) bond motifs is 1. The van der Waals surface area contributed by atoms with Gasteiger partial charge in [0.15, 0.2) is 0 Å². The molecule has 0 fully saturated rings. The molecular weight excluding hydrogens is 433 g/mol. The molecule has 1 N–H and O–H groups in total. The van der Waals surface area contributed by atoms with E-state index in [4.69, 9.17) is 16.3 Å². The van der Waals surface area contributed by atoms with Gasteiger partial charge in [0, 0.05) is 34.3 Å².